The zero-order valence-electron chi connectivity index (χ0n) is 15.4. The highest BCUT2D eigenvalue weighted by Gasteiger charge is 2.57. The normalized spacial score (nSPS) is 32.3. The Labute approximate surface area is 144 Å². The van der Waals surface area contributed by atoms with Gasteiger partial charge in [-0.05, 0) is 68.5 Å². The molecule has 3 aliphatic carbocycles. The molecule has 3 saturated carbocycles. The van der Waals surface area contributed by atoms with Gasteiger partial charge in [-0.15, -0.1) is 11.8 Å². The van der Waals surface area contributed by atoms with Crippen molar-refractivity contribution in [3.8, 4) is 0 Å². The SMILES string of the molecule is COC(=O)CSC[C@@H]1[C@@H](COOC(C)(C)C)C[C@H]2C[C@@H]1C2(C)C. The molecular weight excluding hydrogens is 312 g/mol. The molecule has 0 amide bonds. The molecule has 134 valence electrons. The van der Waals surface area contributed by atoms with Crippen LogP contribution in [-0.4, -0.2) is 36.8 Å². The predicted molar refractivity (Wildman–Crippen MR) is 93.1 cm³/mol. The van der Waals surface area contributed by atoms with E-state index >= 15 is 0 Å². The Hall–Kier alpha value is -0.260. The molecule has 3 fully saturated rings. The number of hydrogen-bond acceptors (Lipinski definition) is 5. The summed E-state index contributed by atoms with van der Waals surface area (Å²) in [6.45, 7) is 11.4. The van der Waals surface area contributed by atoms with Gasteiger partial charge in [0.15, 0.2) is 0 Å². The second kappa shape index (κ2) is 7.32. The van der Waals surface area contributed by atoms with Crippen LogP contribution in [-0.2, 0) is 19.3 Å². The van der Waals surface area contributed by atoms with Gasteiger partial charge in [0, 0.05) is 0 Å². The minimum Gasteiger partial charge on any atom is -0.468 e. The lowest BCUT2D eigenvalue weighted by Crippen LogP contribution is -2.57. The van der Waals surface area contributed by atoms with Crippen molar-refractivity contribution in [3.05, 3.63) is 0 Å². The molecule has 23 heavy (non-hydrogen) atoms. The monoisotopic (exact) mass is 344 g/mol. The second-order valence-electron chi connectivity index (χ2n) is 8.59. The first kappa shape index (κ1) is 19.1. The van der Waals surface area contributed by atoms with Crippen LogP contribution in [0.4, 0.5) is 0 Å². The van der Waals surface area contributed by atoms with Crippen molar-refractivity contribution < 1.29 is 19.3 Å². The van der Waals surface area contributed by atoms with Crippen LogP contribution in [0.15, 0.2) is 0 Å². The Kier molecular flexibility index (Phi) is 6.07. The van der Waals surface area contributed by atoms with Gasteiger partial charge in [0.25, 0.3) is 0 Å². The van der Waals surface area contributed by atoms with Crippen LogP contribution >= 0.6 is 11.8 Å². The fraction of sp³-hybridized carbons (Fsp3) is 0.944. The van der Waals surface area contributed by atoms with E-state index in [-0.39, 0.29) is 11.6 Å². The quantitative estimate of drug-likeness (QED) is 0.398. The van der Waals surface area contributed by atoms with Gasteiger partial charge in [0.05, 0.1) is 25.1 Å². The standard InChI is InChI=1S/C18H32O4S/c1-17(2,3)22-21-9-12-7-13-8-15(18(13,4)5)14(12)10-23-11-16(19)20-6/h12-15H,7-11H2,1-6H3/t12-,13+,14-,15+/m1/s1. The number of ether oxygens (including phenoxy) is 1. The predicted octanol–water partition coefficient (Wildman–Crippen LogP) is 3.94. The van der Waals surface area contributed by atoms with E-state index in [0.717, 1.165) is 17.6 Å². The van der Waals surface area contributed by atoms with Crippen molar-refractivity contribution in [2.24, 2.45) is 29.1 Å². The molecule has 0 aromatic heterocycles. The number of thioether (sulfide) groups is 1. The molecule has 0 saturated heterocycles. The smallest absolute Gasteiger partial charge is 0.315 e. The van der Waals surface area contributed by atoms with Crippen LogP contribution < -0.4 is 0 Å². The molecule has 0 aromatic carbocycles. The molecule has 4 nitrogen and oxygen atoms in total. The minimum atomic E-state index is -0.272. The number of esters is 1. The summed E-state index contributed by atoms with van der Waals surface area (Å²) in [7, 11) is 1.45. The largest absolute Gasteiger partial charge is 0.468 e. The van der Waals surface area contributed by atoms with E-state index in [9.17, 15) is 4.79 Å². The number of fused-ring (bicyclic) bond motifs is 2. The maximum Gasteiger partial charge on any atom is 0.315 e. The summed E-state index contributed by atoms with van der Waals surface area (Å²) in [5.74, 6) is 3.95. The van der Waals surface area contributed by atoms with Gasteiger partial charge in [0.1, 0.15) is 0 Å². The van der Waals surface area contributed by atoms with Gasteiger partial charge in [-0.25, -0.2) is 9.78 Å². The highest BCUT2D eigenvalue weighted by atomic mass is 32.2. The first-order chi connectivity index (χ1) is 10.6. The maximum absolute atomic E-state index is 11.3. The fourth-order valence-electron chi connectivity index (χ4n) is 4.13. The van der Waals surface area contributed by atoms with Crippen LogP contribution in [0.5, 0.6) is 0 Å². The van der Waals surface area contributed by atoms with Crippen molar-refractivity contribution in [2.45, 2.75) is 53.1 Å². The van der Waals surface area contributed by atoms with Crippen molar-refractivity contribution in [2.75, 3.05) is 25.2 Å². The summed E-state index contributed by atoms with van der Waals surface area (Å²) >= 11 is 1.69. The molecule has 0 heterocycles. The van der Waals surface area contributed by atoms with Gasteiger partial charge >= 0.3 is 5.97 Å². The molecule has 2 bridgehead atoms. The maximum atomic E-state index is 11.3. The van der Waals surface area contributed by atoms with Gasteiger partial charge in [0.2, 0.25) is 0 Å². The first-order valence-electron chi connectivity index (χ1n) is 8.60. The third-order valence-corrected chi connectivity index (χ3v) is 6.67. The Balaban J connectivity index is 1.89. The highest BCUT2D eigenvalue weighted by Crippen LogP contribution is 2.63. The molecule has 5 heteroatoms. The van der Waals surface area contributed by atoms with E-state index in [4.69, 9.17) is 14.5 Å². The highest BCUT2D eigenvalue weighted by molar-refractivity contribution is 7.99. The number of rotatable bonds is 7. The van der Waals surface area contributed by atoms with Gasteiger partial charge in [-0.3, -0.25) is 4.79 Å². The Morgan fingerprint density at radius 2 is 1.96 bits per heavy atom. The summed E-state index contributed by atoms with van der Waals surface area (Å²) in [6.07, 6.45) is 2.54. The van der Waals surface area contributed by atoms with Crippen molar-refractivity contribution in [3.63, 3.8) is 0 Å². The molecule has 0 radical (unpaired) electrons. The van der Waals surface area contributed by atoms with Crippen LogP contribution in [0.3, 0.4) is 0 Å². The molecule has 0 spiro atoms. The van der Waals surface area contributed by atoms with E-state index in [0.29, 0.717) is 29.6 Å². The summed E-state index contributed by atoms with van der Waals surface area (Å²) in [6, 6.07) is 0. The zero-order valence-corrected chi connectivity index (χ0v) is 16.2. The summed E-state index contributed by atoms with van der Waals surface area (Å²) in [5, 5.41) is 0. The molecule has 0 aliphatic heterocycles. The lowest BCUT2D eigenvalue weighted by Gasteiger charge is -2.62. The molecule has 0 N–H and O–H groups in total. The Morgan fingerprint density at radius 1 is 1.26 bits per heavy atom. The number of carbonyl (C=O) groups excluding carboxylic acids is 1. The van der Waals surface area contributed by atoms with Crippen LogP contribution in [0.2, 0.25) is 0 Å². The van der Waals surface area contributed by atoms with E-state index in [1.54, 1.807) is 11.8 Å². The fourth-order valence-corrected chi connectivity index (χ4v) is 5.31. The van der Waals surface area contributed by atoms with Crippen molar-refractivity contribution in [1.29, 1.82) is 0 Å². The van der Waals surface area contributed by atoms with Crippen LogP contribution in [0.25, 0.3) is 0 Å². The molecule has 0 aromatic rings. The summed E-state index contributed by atoms with van der Waals surface area (Å²) in [4.78, 5) is 22.4. The van der Waals surface area contributed by atoms with E-state index in [1.807, 2.05) is 20.8 Å². The minimum absolute atomic E-state index is 0.138. The summed E-state index contributed by atoms with van der Waals surface area (Å²) < 4.78 is 4.74. The van der Waals surface area contributed by atoms with E-state index in [2.05, 4.69) is 13.8 Å². The van der Waals surface area contributed by atoms with E-state index < -0.39 is 0 Å². The Morgan fingerprint density at radius 3 is 2.52 bits per heavy atom. The number of methoxy groups -OCH3 is 1. The van der Waals surface area contributed by atoms with Gasteiger partial charge < -0.3 is 4.74 Å². The topological polar surface area (TPSA) is 44.8 Å². The molecule has 3 aliphatic rings. The lowest BCUT2D eigenvalue weighted by molar-refractivity contribution is -0.359. The van der Waals surface area contributed by atoms with Gasteiger partial charge in [-0.2, -0.15) is 0 Å². The first-order valence-corrected chi connectivity index (χ1v) is 9.76. The number of carbonyl (C=O) groups is 1. The molecule has 4 atom stereocenters. The van der Waals surface area contributed by atoms with Crippen LogP contribution in [0, 0.1) is 29.1 Å². The lowest BCUT2D eigenvalue weighted by atomic mass is 9.43. The number of hydrogen-bond donors (Lipinski definition) is 0. The average molecular weight is 345 g/mol. The third-order valence-electron chi connectivity index (χ3n) is 5.60. The average Bonchev–Trinajstić information content (AvgIpc) is 2.46. The molecule has 0 unspecified atom stereocenters. The van der Waals surface area contributed by atoms with Crippen LogP contribution in [0.1, 0.15) is 47.5 Å². The van der Waals surface area contributed by atoms with Crippen molar-refractivity contribution >= 4 is 17.7 Å². The molecular formula is C18H32O4S. The Bertz CT molecular complexity index is 416. The van der Waals surface area contributed by atoms with Gasteiger partial charge in [-0.1, -0.05) is 13.8 Å². The van der Waals surface area contributed by atoms with Crippen molar-refractivity contribution in [1.82, 2.24) is 0 Å². The van der Waals surface area contributed by atoms with E-state index in [1.165, 1.54) is 20.0 Å². The third kappa shape index (κ3) is 4.64. The zero-order chi connectivity index (χ0) is 17.3. The molecule has 3 rings (SSSR count). The second-order valence-corrected chi connectivity index (χ2v) is 9.62. The summed E-state index contributed by atoms with van der Waals surface area (Å²) in [5.41, 5.74) is 0.157.